The molecule has 1 amide bonds. The molecular weight excluding hydrogens is 480 g/mol. The molecule has 1 aliphatic carbocycles. The van der Waals surface area contributed by atoms with Crippen LogP contribution in [0, 0.1) is 5.41 Å². The molecule has 1 spiro atoms. The molecule has 0 unspecified atom stereocenters. The van der Waals surface area contributed by atoms with Gasteiger partial charge in [0.1, 0.15) is 11.6 Å². The summed E-state index contributed by atoms with van der Waals surface area (Å²) in [6, 6.07) is 8.79. The van der Waals surface area contributed by atoms with Crippen molar-refractivity contribution in [2.45, 2.75) is 50.7 Å². The van der Waals surface area contributed by atoms with Gasteiger partial charge in [0, 0.05) is 53.7 Å². The molecule has 198 valence electrons. The van der Waals surface area contributed by atoms with Crippen molar-refractivity contribution in [1.82, 2.24) is 25.4 Å². The average Bonchev–Trinajstić information content (AvgIpc) is 3.60. The number of nitrogens with one attached hydrogen (secondary N) is 3. The van der Waals surface area contributed by atoms with E-state index in [2.05, 4.69) is 30.7 Å². The highest BCUT2D eigenvalue weighted by molar-refractivity contribution is 5.94. The van der Waals surface area contributed by atoms with E-state index in [1.807, 2.05) is 36.7 Å². The standard InChI is InChI=1S/C29H34N6O3/c36-28(34-22-11-29(12-22)5-7-35(8-6-29)23-17-37-18-23)20-3-1-2-19(10-20)13-30-27-24-4-9-38-26(24)25(16-31-27)21-14-32-33-15-21/h1-3,10,14-16,22-23H,4-9,11-13,17-18H2,(H,30,31)(H,32,33)(H,34,36). The van der Waals surface area contributed by atoms with Gasteiger partial charge in [0.05, 0.1) is 32.1 Å². The number of carbonyl (C=O) groups excluding carboxylic acids is 1. The lowest BCUT2D eigenvalue weighted by Crippen LogP contribution is -2.58. The largest absolute Gasteiger partial charge is 0.492 e. The molecule has 1 aromatic carbocycles. The summed E-state index contributed by atoms with van der Waals surface area (Å²) in [4.78, 5) is 20.3. The maximum Gasteiger partial charge on any atom is 0.251 e. The second-order valence-corrected chi connectivity index (χ2v) is 11.3. The normalized spacial score (nSPS) is 20.8. The molecular formula is C29H34N6O3. The molecule has 3 aromatic rings. The highest BCUT2D eigenvalue weighted by Gasteiger charge is 2.47. The number of hydrogen-bond donors (Lipinski definition) is 3. The Bertz CT molecular complexity index is 1310. The van der Waals surface area contributed by atoms with Crippen LogP contribution < -0.4 is 15.4 Å². The Morgan fingerprint density at radius 1 is 1.18 bits per heavy atom. The van der Waals surface area contributed by atoms with Crippen molar-refractivity contribution in [2.24, 2.45) is 5.41 Å². The number of pyridine rings is 1. The molecule has 2 aromatic heterocycles. The van der Waals surface area contributed by atoms with Crippen molar-refractivity contribution in [2.75, 3.05) is 38.2 Å². The van der Waals surface area contributed by atoms with E-state index in [9.17, 15) is 4.79 Å². The second kappa shape index (κ2) is 9.71. The van der Waals surface area contributed by atoms with Crippen LogP contribution in [0.4, 0.5) is 5.82 Å². The number of hydrogen-bond acceptors (Lipinski definition) is 7. The van der Waals surface area contributed by atoms with Crippen LogP contribution in [0.5, 0.6) is 5.75 Å². The lowest BCUT2D eigenvalue weighted by Gasteiger charge is -2.54. The zero-order chi connectivity index (χ0) is 25.5. The monoisotopic (exact) mass is 514 g/mol. The van der Waals surface area contributed by atoms with Crippen molar-refractivity contribution in [3.05, 3.63) is 59.5 Å². The number of amides is 1. The molecule has 0 atom stereocenters. The number of anilines is 1. The number of nitrogens with zero attached hydrogens (tertiary/aromatic N) is 3. The Labute approximate surface area is 222 Å². The van der Waals surface area contributed by atoms with Crippen molar-refractivity contribution in [1.29, 1.82) is 0 Å². The van der Waals surface area contributed by atoms with Crippen LogP contribution in [0.15, 0.2) is 42.9 Å². The van der Waals surface area contributed by atoms with E-state index >= 15 is 0 Å². The van der Waals surface area contributed by atoms with E-state index in [0.29, 0.717) is 30.2 Å². The van der Waals surface area contributed by atoms with Crippen LogP contribution in [0.2, 0.25) is 0 Å². The summed E-state index contributed by atoms with van der Waals surface area (Å²) in [5.74, 6) is 1.72. The fraction of sp³-hybridized carbons (Fsp3) is 0.483. The lowest BCUT2D eigenvalue weighted by molar-refractivity contribution is -0.0932. The van der Waals surface area contributed by atoms with E-state index < -0.39 is 0 Å². The number of likely N-dealkylation sites (tertiary alicyclic amines) is 1. The highest BCUT2D eigenvalue weighted by atomic mass is 16.5. The fourth-order valence-electron chi connectivity index (χ4n) is 6.51. The third kappa shape index (κ3) is 4.43. The van der Waals surface area contributed by atoms with Gasteiger partial charge in [0.15, 0.2) is 0 Å². The van der Waals surface area contributed by atoms with E-state index in [1.54, 1.807) is 6.20 Å². The zero-order valence-electron chi connectivity index (χ0n) is 21.5. The Kier molecular flexibility index (Phi) is 6.05. The zero-order valence-corrected chi connectivity index (χ0v) is 21.5. The van der Waals surface area contributed by atoms with Crippen LogP contribution in [0.3, 0.4) is 0 Å². The summed E-state index contributed by atoms with van der Waals surface area (Å²) >= 11 is 0. The van der Waals surface area contributed by atoms with Gasteiger partial charge in [-0.05, 0) is 61.9 Å². The number of ether oxygens (including phenoxy) is 2. The molecule has 5 heterocycles. The summed E-state index contributed by atoms with van der Waals surface area (Å²) in [6.07, 6.45) is 10.9. The van der Waals surface area contributed by atoms with E-state index in [1.165, 1.54) is 25.9 Å². The Hall–Kier alpha value is -3.43. The van der Waals surface area contributed by atoms with Gasteiger partial charge >= 0.3 is 0 Å². The van der Waals surface area contributed by atoms with Crippen molar-refractivity contribution in [3.8, 4) is 16.9 Å². The SMILES string of the molecule is O=C(NC1CC2(CCN(C3COC3)CC2)C1)c1cccc(CNc2ncc(-c3cn[nH]c3)c3c2CCO3)c1. The smallest absolute Gasteiger partial charge is 0.251 e. The molecule has 38 heavy (non-hydrogen) atoms. The van der Waals surface area contributed by atoms with Crippen molar-refractivity contribution >= 4 is 11.7 Å². The molecule has 2 saturated heterocycles. The number of rotatable bonds is 7. The number of piperidine rings is 1. The molecule has 9 nitrogen and oxygen atoms in total. The average molecular weight is 515 g/mol. The minimum atomic E-state index is 0.0210. The van der Waals surface area contributed by atoms with Crippen LogP contribution in [0.25, 0.3) is 11.1 Å². The Balaban J connectivity index is 0.943. The van der Waals surface area contributed by atoms with E-state index in [4.69, 9.17) is 9.47 Å². The summed E-state index contributed by atoms with van der Waals surface area (Å²) in [5.41, 5.74) is 5.18. The molecule has 3 fully saturated rings. The summed E-state index contributed by atoms with van der Waals surface area (Å²) in [7, 11) is 0. The van der Waals surface area contributed by atoms with Gasteiger partial charge in [0.2, 0.25) is 0 Å². The van der Waals surface area contributed by atoms with Gasteiger partial charge in [-0.2, -0.15) is 5.10 Å². The molecule has 3 aliphatic heterocycles. The third-order valence-electron chi connectivity index (χ3n) is 8.87. The quantitative estimate of drug-likeness (QED) is 0.444. The number of H-pyrrole nitrogens is 1. The maximum absolute atomic E-state index is 13.0. The molecule has 1 saturated carbocycles. The van der Waals surface area contributed by atoms with E-state index in [0.717, 1.165) is 66.3 Å². The summed E-state index contributed by atoms with van der Waals surface area (Å²) < 4.78 is 11.3. The van der Waals surface area contributed by atoms with Crippen LogP contribution >= 0.6 is 0 Å². The first-order valence-corrected chi connectivity index (χ1v) is 13.8. The van der Waals surface area contributed by atoms with Gasteiger partial charge in [0.25, 0.3) is 5.91 Å². The molecule has 9 heteroatoms. The van der Waals surface area contributed by atoms with E-state index in [-0.39, 0.29) is 11.9 Å². The number of aromatic amines is 1. The highest BCUT2D eigenvalue weighted by Crippen LogP contribution is 2.49. The topological polar surface area (TPSA) is 104 Å². The summed E-state index contributed by atoms with van der Waals surface area (Å²) in [6.45, 7) is 5.35. The molecule has 0 bridgehead atoms. The minimum absolute atomic E-state index is 0.0210. The lowest BCUT2D eigenvalue weighted by atomic mass is 9.60. The van der Waals surface area contributed by atoms with Crippen molar-refractivity contribution < 1.29 is 14.3 Å². The van der Waals surface area contributed by atoms with Gasteiger partial charge < -0.3 is 20.1 Å². The molecule has 0 radical (unpaired) electrons. The van der Waals surface area contributed by atoms with Crippen LogP contribution in [-0.2, 0) is 17.7 Å². The van der Waals surface area contributed by atoms with Crippen LogP contribution in [0.1, 0.15) is 47.2 Å². The fourth-order valence-corrected chi connectivity index (χ4v) is 6.51. The Morgan fingerprint density at radius 3 is 2.82 bits per heavy atom. The Morgan fingerprint density at radius 2 is 2.05 bits per heavy atom. The first kappa shape index (κ1) is 23.7. The van der Waals surface area contributed by atoms with Crippen LogP contribution in [-0.4, -0.2) is 71.0 Å². The molecule has 7 rings (SSSR count). The maximum atomic E-state index is 13.0. The number of aromatic nitrogens is 3. The minimum Gasteiger partial charge on any atom is -0.492 e. The number of fused-ring (bicyclic) bond motifs is 1. The predicted molar refractivity (Wildman–Crippen MR) is 143 cm³/mol. The number of carbonyl (C=O) groups is 1. The van der Waals surface area contributed by atoms with Crippen molar-refractivity contribution in [3.63, 3.8) is 0 Å². The first-order valence-electron chi connectivity index (χ1n) is 13.8. The van der Waals surface area contributed by atoms with Gasteiger partial charge in [-0.25, -0.2) is 4.98 Å². The molecule has 4 aliphatic rings. The van der Waals surface area contributed by atoms with Gasteiger partial charge in [-0.1, -0.05) is 12.1 Å². The summed E-state index contributed by atoms with van der Waals surface area (Å²) in [5, 5.41) is 13.6. The number of benzene rings is 1. The van der Waals surface area contributed by atoms with Gasteiger partial charge in [-0.3, -0.25) is 14.8 Å². The third-order valence-corrected chi connectivity index (χ3v) is 8.87. The second-order valence-electron chi connectivity index (χ2n) is 11.3. The first-order chi connectivity index (χ1) is 18.7. The molecule has 3 N–H and O–H groups in total. The van der Waals surface area contributed by atoms with Gasteiger partial charge in [-0.15, -0.1) is 0 Å². The predicted octanol–water partition coefficient (Wildman–Crippen LogP) is 3.39.